The lowest BCUT2D eigenvalue weighted by Crippen LogP contribution is -2.42. The van der Waals surface area contributed by atoms with E-state index in [1.807, 2.05) is 9.80 Å². The summed E-state index contributed by atoms with van der Waals surface area (Å²) in [6, 6.07) is 0.397. The summed E-state index contributed by atoms with van der Waals surface area (Å²) in [4.78, 5) is 29.2. The van der Waals surface area contributed by atoms with E-state index in [0.29, 0.717) is 30.8 Å². The average Bonchev–Trinajstić information content (AvgIpc) is 3.04. The predicted octanol–water partition coefficient (Wildman–Crippen LogP) is 2.92. The molecule has 4 nitrogen and oxygen atoms in total. The lowest BCUT2D eigenvalue weighted by Gasteiger charge is -2.29. The van der Waals surface area contributed by atoms with Gasteiger partial charge in [0.15, 0.2) is 0 Å². The Kier molecular flexibility index (Phi) is 5.87. The third-order valence-corrected chi connectivity index (χ3v) is 4.76. The first-order chi connectivity index (χ1) is 10.4. The Labute approximate surface area is 135 Å². The van der Waals surface area contributed by atoms with Gasteiger partial charge in [-0.15, -0.1) is 0 Å². The SMILES string of the molecule is CC(C)CN(CC(C)C)C(=O)C1CC(=O)N(C2CCCC2)C1. The summed E-state index contributed by atoms with van der Waals surface area (Å²) in [6.45, 7) is 10.8. The molecule has 2 aliphatic rings. The van der Waals surface area contributed by atoms with Crippen molar-refractivity contribution in [3.8, 4) is 0 Å². The van der Waals surface area contributed by atoms with Gasteiger partial charge in [0, 0.05) is 32.1 Å². The number of nitrogens with zero attached hydrogens (tertiary/aromatic N) is 2. The molecule has 0 bridgehead atoms. The fourth-order valence-electron chi connectivity index (χ4n) is 3.86. The van der Waals surface area contributed by atoms with E-state index in [1.54, 1.807) is 0 Å². The lowest BCUT2D eigenvalue weighted by molar-refractivity contribution is -0.136. The van der Waals surface area contributed by atoms with Crippen molar-refractivity contribution in [1.82, 2.24) is 9.80 Å². The van der Waals surface area contributed by atoms with Gasteiger partial charge < -0.3 is 9.80 Å². The fraction of sp³-hybridized carbons (Fsp3) is 0.889. The third-order valence-electron chi connectivity index (χ3n) is 4.76. The Bertz CT molecular complexity index is 390. The summed E-state index contributed by atoms with van der Waals surface area (Å²) in [5.41, 5.74) is 0. The Morgan fingerprint density at radius 3 is 2.18 bits per heavy atom. The van der Waals surface area contributed by atoms with Gasteiger partial charge in [0.05, 0.1) is 5.92 Å². The molecule has 1 heterocycles. The molecule has 0 spiro atoms. The van der Waals surface area contributed by atoms with Gasteiger partial charge in [0.25, 0.3) is 0 Å². The highest BCUT2D eigenvalue weighted by Crippen LogP contribution is 2.30. The maximum atomic E-state index is 12.9. The van der Waals surface area contributed by atoms with Gasteiger partial charge in [-0.2, -0.15) is 0 Å². The van der Waals surface area contributed by atoms with Gasteiger partial charge in [-0.25, -0.2) is 0 Å². The van der Waals surface area contributed by atoms with Gasteiger partial charge in [-0.3, -0.25) is 9.59 Å². The highest BCUT2D eigenvalue weighted by Gasteiger charge is 2.40. The molecule has 1 aliphatic heterocycles. The smallest absolute Gasteiger partial charge is 0.228 e. The summed E-state index contributed by atoms with van der Waals surface area (Å²) in [7, 11) is 0. The van der Waals surface area contributed by atoms with E-state index in [9.17, 15) is 9.59 Å². The van der Waals surface area contributed by atoms with Crippen LogP contribution in [0.1, 0.15) is 59.8 Å². The monoisotopic (exact) mass is 308 g/mol. The number of carbonyl (C=O) groups excluding carboxylic acids is 2. The zero-order valence-electron chi connectivity index (χ0n) is 14.7. The Balaban J connectivity index is 1.99. The van der Waals surface area contributed by atoms with Crippen molar-refractivity contribution in [2.24, 2.45) is 17.8 Å². The van der Waals surface area contributed by atoms with Crippen LogP contribution in [0.5, 0.6) is 0 Å². The number of hydrogen-bond acceptors (Lipinski definition) is 2. The maximum Gasteiger partial charge on any atom is 0.228 e. The van der Waals surface area contributed by atoms with Crippen LogP contribution in [0.15, 0.2) is 0 Å². The predicted molar refractivity (Wildman–Crippen MR) is 88.3 cm³/mol. The molecular weight excluding hydrogens is 276 g/mol. The van der Waals surface area contributed by atoms with Crippen LogP contribution in [-0.4, -0.2) is 47.3 Å². The maximum absolute atomic E-state index is 12.9. The minimum Gasteiger partial charge on any atom is -0.342 e. The van der Waals surface area contributed by atoms with Crippen molar-refractivity contribution in [1.29, 1.82) is 0 Å². The average molecular weight is 308 g/mol. The molecule has 0 N–H and O–H groups in total. The van der Waals surface area contributed by atoms with Crippen molar-refractivity contribution in [3.63, 3.8) is 0 Å². The highest BCUT2D eigenvalue weighted by molar-refractivity contribution is 5.89. The molecule has 1 unspecified atom stereocenters. The van der Waals surface area contributed by atoms with Crippen LogP contribution in [0, 0.1) is 17.8 Å². The quantitative estimate of drug-likeness (QED) is 0.757. The molecule has 4 heteroatoms. The topological polar surface area (TPSA) is 40.6 Å². The number of amides is 2. The molecule has 1 saturated heterocycles. The van der Waals surface area contributed by atoms with Crippen LogP contribution in [0.2, 0.25) is 0 Å². The number of hydrogen-bond donors (Lipinski definition) is 0. The van der Waals surface area contributed by atoms with E-state index in [4.69, 9.17) is 0 Å². The summed E-state index contributed by atoms with van der Waals surface area (Å²) < 4.78 is 0. The Hall–Kier alpha value is -1.06. The molecule has 1 aliphatic carbocycles. The van der Waals surface area contributed by atoms with Crippen LogP contribution in [-0.2, 0) is 9.59 Å². The molecule has 1 saturated carbocycles. The van der Waals surface area contributed by atoms with Gasteiger partial charge in [-0.05, 0) is 24.7 Å². The molecule has 2 amide bonds. The van der Waals surface area contributed by atoms with Crippen molar-refractivity contribution in [2.45, 2.75) is 65.8 Å². The Morgan fingerprint density at radius 2 is 1.68 bits per heavy atom. The first kappa shape index (κ1) is 17.3. The molecule has 2 rings (SSSR count). The zero-order chi connectivity index (χ0) is 16.3. The van der Waals surface area contributed by atoms with Crippen LogP contribution in [0.25, 0.3) is 0 Å². The first-order valence-electron chi connectivity index (χ1n) is 8.96. The van der Waals surface area contributed by atoms with E-state index >= 15 is 0 Å². The van der Waals surface area contributed by atoms with Crippen LogP contribution in [0.3, 0.4) is 0 Å². The second-order valence-corrected chi connectivity index (χ2v) is 7.92. The van der Waals surface area contributed by atoms with Crippen molar-refractivity contribution in [2.75, 3.05) is 19.6 Å². The van der Waals surface area contributed by atoms with Crippen molar-refractivity contribution in [3.05, 3.63) is 0 Å². The van der Waals surface area contributed by atoms with Crippen LogP contribution >= 0.6 is 0 Å². The largest absolute Gasteiger partial charge is 0.342 e. The molecule has 0 aromatic heterocycles. The number of rotatable bonds is 6. The second-order valence-electron chi connectivity index (χ2n) is 7.92. The molecule has 2 fully saturated rings. The zero-order valence-corrected chi connectivity index (χ0v) is 14.7. The standard InChI is InChI=1S/C18H32N2O2/c1-13(2)10-19(11-14(3)4)18(22)15-9-17(21)20(12-15)16-7-5-6-8-16/h13-16H,5-12H2,1-4H3. The minimum absolute atomic E-state index is 0.120. The van der Waals surface area contributed by atoms with Crippen LogP contribution in [0.4, 0.5) is 0 Å². The van der Waals surface area contributed by atoms with E-state index in [2.05, 4.69) is 27.7 Å². The molecule has 0 radical (unpaired) electrons. The summed E-state index contributed by atoms with van der Waals surface area (Å²) in [6.07, 6.45) is 5.10. The summed E-state index contributed by atoms with van der Waals surface area (Å²) in [5, 5.41) is 0. The third kappa shape index (κ3) is 4.23. The highest BCUT2D eigenvalue weighted by atomic mass is 16.2. The van der Waals surface area contributed by atoms with Crippen molar-refractivity contribution >= 4 is 11.8 Å². The minimum atomic E-state index is -0.120. The van der Waals surface area contributed by atoms with Gasteiger partial charge in [-0.1, -0.05) is 40.5 Å². The Morgan fingerprint density at radius 1 is 1.14 bits per heavy atom. The van der Waals surface area contributed by atoms with Gasteiger partial charge in [0.2, 0.25) is 11.8 Å². The molecule has 22 heavy (non-hydrogen) atoms. The van der Waals surface area contributed by atoms with Crippen LogP contribution < -0.4 is 0 Å². The number of carbonyl (C=O) groups is 2. The molecule has 0 aromatic carbocycles. The van der Waals surface area contributed by atoms with E-state index < -0.39 is 0 Å². The molecule has 126 valence electrons. The van der Waals surface area contributed by atoms with Gasteiger partial charge in [0.1, 0.15) is 0 Å². The van der Waals surface area contributed by atoms with Gasteiger partial charge >= 0.3 is 0 Å². The van der Waals surface area contributed by atoms with Crippen molar-refractivity contribution < 1.29 is 9.59 Å². The summed E-state index contributed by atoms with van der Waals surface area (Å²) >= 11 is 0. The molecule has 1 atom stereocenters. The van der Waals surface area contributed by atoms with E-state index in [0.717, 1.165) is 25.9 Å². The first-order valence-corrected chi connectivity index (χ1v) is 8.96. The summed E-state index contributed by atoms with van der Waals surface area (Å²) in [5.74, 6) is 1.19. The van der Waals surface area contributed by atoms with E-state index in [-0.39, 0.29) is 17.7 Å². The van der Waals surface area contributed by atoms with E-state index in [1.165, 1.54) is 12.8 Å². The normalized spacial score (nSPS) is 23.1. The second kappa shape index (κ2) is 7.47. The number of likely N-dealkylation sites (tertiary alicyclic amines) is 1. The molecule has 0 aromatic rings. The molecular formula is C18H32N2O2. The fourth-order valence-corrected chi connectivity index (χ4v) is 3.86. The lowest BCUT2D eigenvalue weighted by atomic mass is 10.0.